The minimum absolute atomic E-state index is 0.0135. The molecule has 4 amide bonds. The second kappa shape index (κ2) is 5.92. The van der Waals surface area contributed by atoms with Gasteiger partial charge < -0.3 is 10.2 Å². The number of aryl methyl sites for hydroxylation is 1. The number of carbonyl (C=O) groups excluding carboxylic acids is 3. The molecule has 2 aliphatic heterocycles. The Bertz CT molecular complexity index is 691. The van der Waals surface area contributed by atoms with E-state index < -0.39 is 5.54 Å². The third-order valence-electron chi connectivity index (χ3n) is 4.99. The third kappa shape index (κ3) is 2.56. The van der Waals surface area contributed by atoms with Gasteiger partial charge in [-0.25, -0.2) is 4.79 Å². The molecule has 1 aromatic rings. The maximum atomic E-state index is 12.7. The molecule has 2 fully saturated rings. The summed E-state index contributed by atoms with van der Waals surface area (Å²) in [5.74, 6) is -0.175. The average molecular weight is 329 g/mol. The fourth-order valence-electron chi connectivity index (χ4n) is 3.52. The molecular formula is C18H23N3O3. The lowest BCUT2D eigenvalue weighted by molar-refractivity contribution is -0.133. The maximum Gasteiger partial charge on any atom is 0.325 e. The van der Waals surface area contributed by atoms with Gasteiger partial charge in [-0.05, 0) is 45.2 Å². The molecule has 0 saturated carbocycles. The van der Waals surface area contributed by atoms with Gasteiger partial charge >= 0.3 is 6.03 Å². The molecule has 24 heavy (non-hydrogen) atoms. The number of rotatable bonds is 2. The Hall–Kier alpha value is -2.37. The van der Waals surface area contributed by atoms with Crippen molar-refractivity contribution in [3.05, 3.63) is 35.4 Å². The van der Waals surface area contributed by atoms with Crippen LogP contribution in [0.5, 0.6) is 0 Å². The zero-order valence-electron chi connectivity index (χ0n) is 14.3. The van der Waals surface area contributed by atoms with E-state index in [0.29, 0.717) is 31.5 Å². The molecule has 128 valence electrons. The van der Waals surface area contributed by atoms with Crippen LogP contribution in [-0.4, -0.2) is 52.3 Å². The van der Waals surface area contributed by atoms with Gasteiger partial charge in [-0.3, -0.25) is 14.5 Å². The summed E-state index contributed by atoms with van der Waals surface area (Å²) < 4.78 is 0. The summed E-state index contributed by atoms with van der Waals surface area (Å²) in [4.78, 5) is 40.5. The van der Waals surface area contributed by atoms with Crippen molar-refractivity contribution in [1.82, 2.24) is 15.1 Å². The second-order valence-corrected chi connectivity index (χ2v) is 6.89. The molecule has 2 heterocycles. The molecule has 6 heteroatoms. The van der Waals surface area contributed by atoms with Crippen LogP contribution in [0.3, 0.4) is 0 Å². The molecule has 1 N–H and O–H groups in total. The summed E-state index contributed by atoms with van der Waals surface area (Å²) >= 11 is 0. The molecule has 1 spiro atoms. The first-order valence-corrected chi connectivity index (χ1v) is 8.36. The van der Waals surface area contributed by atoms with Gasteiger partial charge in [-0.2, -0.15) is 0 Å². The lowest BCUT2D eigenvalue weighted by Gasteiger charge is -2.37. The topological polar surface area (TPSA) is 69.7 Å². The van der Waals surface area contributed by atoms with Gasteiger partial charge in [0.2, 0.25) is 0 Å². The van der Waals surface area contributed by atoms with Crippen LogP contribution in [0.4, 0.5) is 4.79 Å². The normalized spacial score (nSPS) is 20.0. The van der Waals surface area contributed by atoms with Crippen molar-refractivity contribution in [1.29, 1.82) is 0 Å². The fraction of sp³-hybridized carbons (Fsp3) is 0.500. The standard InChI is InChI=1S/C18H23N3O3/c1-12(2)21-16(23)18(19-17(21)24)8-10-20(11-9-18)15(22)14-7-5-4-6-13(14)3/h4-7,12H,8-11H2,1-3H3,(H,19,24). The number of likely N-dealkylation sites (tertiary alicyclic amines) is 1. The first-order chi connectivity index (χ1) is 11.4. The van der Waals surface area contributed by atoms with Gasteiger partial charge in [0.05, 0.1) is 0 Å². The van der Waals surface area contributed by atoms with Crippen LogP contribution in [0, 0.1) is 6.92 Å². The van der Waals surface area contributed by atoms with Gasteiger partial charge in [0.1, 0.15) is 5.54 Å². The largest absolute Gasteiger partial charge is 0.338 e. The molecule has 0 aromatic heterocycles. The van der Waals surface area contributed by atoms with Crippen molar-refractivity contribution in [2.45, 2.75) is 45.2 Å². The smallest absolute Gasteiger partial charge is 0.325 e. The van der Waals surface area contributed by atoms with Crippen molar-refractivity contribution >= 4 is 17.8 Å². The molecule has 2 saturated heterocycles. The Morgan fingerprint density at radius 2 is 1.79 bits per heavy atom. The zero-order valence-corrected chi connectivity index (χ0v) is 14.3. The summed E-state index contributed by atoms with van der Waals surface area (Å²) in [5.41, 5.74) is 0.794. The van der Waals surface area contributed by atoms with E-state index >= 15 is 0 Å². The lowest BCUT2D eigenvalue weighted by Crippen LogP contribution is -2.56. The zero-order chi connectivity index (χ0) is 17.5. The molecule has 3 rings (SSSR count). The van der Waals surface area contributed by atoms with E-state index in [9.17, 15) is 14.4 Å². The monoisotopic (exact) mass is 329 g/mol. The van der Waals surface area contributed by atoms with E-state index in [0.717, 1.165) is 5.56 Å². The summed E-state index contributed by atoms with van der Waals surface area (Å²) in [6, 6.07) is 7.01. The van der Waals surface area contributed by atoms with Gasteiger partial charge in [-0.15, -0.1) is 0 Å². The summed E-state index contributed by atoms with van der Waals surface area (Å²) in [6.07, 6.45) is 0.914. The maximum absolute atomic E-state index is 12.7. The number of nitrogens with one attached hydrogen (secondary N) is 1. The quantitative estimate of drug-likeness (QED) is 0.843. The van der Waals surface area contributed by atoms with Crippen LogP contribution < -0.4 is 5.32 Å². The van der Waals surface area contributed by atoms with E-state index in [2.05, 4.69) is 5.32 Å². The number of carbonyl (C=O) groups is 3. The molecule has 0 atom stereocenters. The van der Waals surface area contributed by atoms with Crippen molar-refractivity contribution in [2.24, 2.45) is 0 Å². The Morgan fingerprint density at radius 1 is 1.17 bits per heavy atom. The number of urea groups is 1. The van der Waals surface area contributed by atoms with Crippen molar-refractivity contribution in [3.63, 3.8) is 0 Å². The van der Waals surface area contributed by atoms with E-state index in [4.69, 9.17) is 0 Å². The van der Waals surface area contributed by atoms with Crippen LogP contribution in [0.1, 0.15) is 42.6 Å². The first kappa shape index (κ1) is 16.5. The van der Waals surface area contributed by atoms with Crippen LogP contribution in [-0.2, 0) is 4.79 Å². The van der Waals surface area contributed by atoms with E-state index in [-0.39, 0.29) is 23.9 Å². The molecule has 2 aliphatic rings. The highest BCUT2D eigenvalue weighted by Gasteiger charge is 2.53. The number of benzene rings is 1. The second-order valence-electron chi connectivity index (χ2n) is 6.89. The van der Waals surface area contributed by atoms with Gasteiger partial charge in [0.15, 0.2) is 0 Å². The molecule has 0 aliphatic carbocycles. The minimum atomic E-state index is -0.843. The highest BCUT2D eigenvalue weighted by Crippen LogP contribution is 2.31. The SMILES string of the molecule is Cc1ccccc1C(=O)N1CCC2(CC1)NC(=O)N(C(C)C)C2=O. The fourth-order valence-corrected chi connectivity index (χ4v) is 3.52. The first-order valence-electron chi connectivity index (χ1n) is 8.36. The highest BCUT2D eigenvalue weighted by atomic mass is 16.2. The lowest BCUT2D eigenvalue weighted by atomic mass is 9.87. The summed E-state index contributed by atoms with van der Waals surface area (Å²) in [5, 5.41) is 2.86. The predicted molar refractivity (Wildman–Crippen MR) is 89.6 cm³/mol. The highest BCUT2D eigenvalue weighted by molar-refractivity contribution is 6.07. The number of amides is 4. The number of hydrogen-bond donors (Lipinski definition) is 1. The molecule has 0 radical (unpaired) electrons. The van der Waals surface area contributed by atoms with Crippen LogP contribution in [0.15, 0.2) is 24.3 Å². The number of imide groups is 1. The molecular weight excluding hydrogens is 306 g/mol. The number of hydrogen-bond acceptors (Lipinski definition) is 3. The summed E-state index contributed by atoms with van der Waals surface area (Å²) in [6.45, 7) is 6.50. The van der Waals surface area contributed by atoms with E-state index in [1.54, 1.807) is 4.90 Å². The molecule has 6 nitrogen and oxygen atoms in total. The molecule has 1 aromatic carbocycles. The van der Waals surface area contributed by atoms with Crippen molar-refractivity contribution < 1.29 is 14.4 Å². The van der Waals surface area contributed by atoms with E-state index in [1.807, 2.05) is 45.0 Å². The van der Waals surface area contributed by atoms with Crippen molar-refractivity contribution in [3.8, 4) is 0 Å². The Kier molecular flexibility index (Phi) is 4.07. The third-order valence-corrected chi connectivity index (χ3v) is 4.99. The van der Waals surface area contributed by atoms with Gasteiger partial charge in [0, 0.05) is 24.7 Å². The Balaban J connectivity index is 1.73. The Morgan fingerprint density at radius 3 is 2.33 bits per heavy atom. The number of nitrogens with zero attached hydrogens (tertiary/aromatic N) is 2. The number of piperidine rings is 1. The van der Waals surface area contributed by atoms with Crippen LogP contribution in [0.25, 0.3) is 0 Å². The van der Waals surface area contributed by atoms with Crippen LogP contribution in [0.2, 0.25) is 0 Å². The minimum Gasteiger partial charge on any atom is -0.338 e. The Labute approximate surface area is 141 Å². The predicted octanol–water partition coefficient (Wildman–Crippen LogP) is 1.93. The van der Waals surface area contributed by atoms with Gasteiger partial charge in [-0.1, -0.05) is 18.2 Å². The molecule has 0 bridgehead atoms. The summed E-state index contributed by atoms with van der Waals surface area (Å²) in [7, 11) is 0. The van der Waals surface area contributed by atoms with Crippen molar-refractivity contribution in [2.75, 3.05) is 13.1 Å². The van der Waals surface area contributed by atoms with Gasteiger partial charge in [0.25, 0.3) is 11.8 Å². The molecule has 0 unspecified atom stereocenters. The van der Waals surface area contributed by atoms with Crippen LogP contribution >= 0.6 is 0 Å². The average Bonchev–Trinajstić information content (AvgIpc) is 2.78. The van der Waals surface area contributed by atoms with E-state index in [1.165, 1.54) is 4.90 Å².